The second-order valence-electron chi connectivity index (χ2n) is 8.27. The molecule has 4 rings (SSSR count). The van der Waals surface area contributed by atoms with Gasteiger partial charge in [-0.15, -0.1) is 10.2 Å². The Labute approximate surface area is 174 Å². The Morgan fingerprint density at radius 3 is 2.60 bits per heavy atom. The summed E-state index contributed by atoms with van der Waals surface area (Å²) in [5.41, 5.74) is 3.70. The average Bonchev–Trinajstić information content (AvgIpc) is 2.71. The standard InChI is InChI=1S/C23H25F2N3O2/c1-23(30-2)12-15(13-23)26-22-17-6-4-3-5-16(17)21(27-28-22)18-9-7-14(11-19(18)29)8-10-20(24)25/h7,9,11,15,20,29H,3-6,12-13H2,1-2H3,(H,26,28). The predicted molar refractivity (Wildman–Crippen MR) is 111 cm³/mol. The third-order valence-corrected chi connectivity index (χ3v) is 6.06. The van der Waals surface area contributed by atoms with Crippen LogP contribution in [0.2, 0.25) is 0 Å². The van der Waals surface area contributed by atoms with Crippen molar-refractivity contribution >= 4 is 5.82 Å². The van der Waals surface area contributed by atoms with Crippen LogP contribution in [-0.4, -0.2) is 40.5 Å². The first-order chi connectivity index (χ1) is 14.4. The van der Waals surface area contributed by atoms with Crippen LogP contribution >= 0.6 is 0 Å². The van der Waals surface area contributed by atoms with Gasteiger partial charge >= 0.3 is 0 Å². The third-order valence-electron chi connectivity index (χ3n) is 6.06. The van der Waals surface area contributed by atoms with E-state index in [0.29, 0.717) is 22.9 Å². The van der Waals surface area contributed by atoms with Crippen molar-refractivity contribution in [2.45, 2.75) is 63.5 Å². The van der Waals surface area contributed by atoms with Crippen LogP contribution in [0.4, 0.5) is 14.6 Å². The average molecular weight is 413 g/mol. The van der Waals surface area contributed by atoms with E-state index in [2.05, 4.69) is 28.4 Å². The number of phenolic OH excluding ortho intramolecular Hbond substituents is 1. The van der Waals surface area contributed by atoms with Gasteiger partial charge in [-0.3, -0.25) is 0 Å². The van der Waals surface area contributed by atoms with Gasteiger partial charge in [0.05, 0.1) is 5.60 Å². The van der Waals surface area contributed by atoms with Crippen LogP contribution in [0.5, 0.6) is 5.75 Å². The number of aromatic hydroxyl groups is 1. The summed E-state index contributed by atoms with van der Waals surface area (Å²) in [6.45, 7) is 2.10. The first kappa shape index (κ1) is 20.5. The number of alkyl halides is 2. The van der Waals surface area contributed by atoms with Gasteiger partial charge in [-0.25, -0.2) is 0 Å². The van der Waals surface area contributed by atoms with E-state index >= 15 is 0 Å². The summed E-state index contributed by atoms with van der Waals surface area (Å²) < 4.78 is 30.1. The minimum absolute atomic E-state index is 0.0336. The van der Waals surface area contributed by atoms with Crippen LogP contribution in [0.3, 0.4) is 0 Å². The fourth-order valence-electron chi connectivity index (χ4n) is 4.37. The van der Waals surface area contributed by atoms with Crippen molar-refractivity contribution in [2.75, 3.05) is 12.4 Å². The Balaban J connectivity index is 1.63. The number of fused-ring (bicyclic) bond motifs is 1. The first-order valence-corrected chi connectivity index (χ1v) is 10.2. The molecule has 5 nitrogen and oxygen atoms in total. The summed E-state index contributed by atoms with van der Waals surface area (Å²) in [4.78, 5) is 0. The van der Waals surface area contributed by atoms with Crippen LogP contribution in [0.25, 0.3) is 11.3 Å². The topological polar surface area (TPSA) is 67.3 Å². The van der Waals surface area contributed by atoms with E-state index < -0.39 is 6.43 Å². The van der Waals surface area contributed by atoms with Gasteiger partial charge in [0.2, 0.25) is 0 Å². The molecule has 1 saturated carbocycles. The van der Waals surface area contributed by atoms with Gasteiger partial charge in [0.15, 0.2) is 5.82 Å². The Hall–Kier alpha value is -2.72. The molecule has 0 amide bonds. The van der Waals surface area contributed by atoms with E-state index in [0.717, 1.165) is 55.5 Å². The van der Waals surface area contributed by atoms with Crippen molar-refractivity contribution in [1.29, 1.82) is 0 Å². The number of nitrogens with one attached hydrogen (secondary N) is 1. The summed E-state index contributed by atoms with van der Waals surface area (Å²) in [5.74, 6) is 4.95. The number of nitrogens with zero attached hydrogens (tertiary/aromatic N) is 2. The van der Waals surface area contributed by atoms with E-state index in [-0.39, 0.29) is 11.4 Å². The highest BCUT2D eigenvalue weighted by atomic mass is 19.3. The van der Waals surface area contributed by atoms with E-state index in [1.165, 1.54) is 6.07 Å². The molecule has 0 bridgehead atoms. The molecule has 1 fully saturated rings. The van der Waals surface area contributed by atoms with Crippen LogP contribution < -0.4 is 5.32 Å². The van der Waals surface area contributed by atoms with Gasteiger partial charge in [0, 0.05) is 29.8 Å². The second kappa shape index (κ2) is 8.19. The smallest absolute Gasteiger partial charge is 0.299 e. The summed E-state index contributed by atoms with van der Waals surface area (Å²) in [5, 5.41) is 22.9. The van der Waals surface area contributed by atoms with Gasteiger partial charge < -0.3 is 15.2 Å². The molecule has 1 aromatic carbocycles. The lowest BCUT2D eigenvalue weighted by Gasteiger charge is -2.44. The van der Waals surface area contributed by atoms with Crippen LogP contribution in [0, 0.1) is 11.8 Å². The molecule has 1 aromatic heterocycles. The van der Waals surface area contributed by atoms with Gasteiger partial charge in [-0.2, -0.15) is 8.78 Å². The second-order valence-corrected chi connectivity index (χ2v) is 8.27. The monoisotopic (exact) mass is 413 g/mol. The largest absolute Gasteiger partial charge is 0.507 e. The van der Waals surface area contributed by atoms with Crippen molar-refractivity contribution in [3.8, 4) is 28.8 Å². The van der Waals surface area contributed by atoms with E-state index in [9.17, 15) is 13.9 Å². The first-order valence-electron chi connectivity index (χ1n) is 10.2. The third kappa shape index (κ3) is 4.10. The zero-order valence-corrected chi connectivity index (χ0v) is 17.1. The number of benzene rings is 1. The van der Waals surface area contributed by atoms with Crippen LogP contribution in [0.1, 0.15) is 49.3 Å². The zero-order chi connectivity index (χ0) is 21.3. The predicted octanol–water partition coefficient (Wildman–Crippen LogP) is 4.32. The van der Waals surface area contributed by atoms with Crippen molar-refractivity contribution in [3.63, 3.8) is 0 Å². The lowest BCUT2D eigenvalue weighted by atomic mass is 9.77. The van der Waals surface area contributed by atoms with Crippen molar-refractivity contribution in [2.24, 2.45) is 0 Å². The number of anilines is 1. The number of hydrogen-bond acceptors (Lipinski definition) is 5. The molecule has 2 aliphatic carbocycles. The van der Waals surface area contributed by atoms with E-state index in [4.69, 9.17) is 4.74 Å². The summed E-state index contributed by atoms with van der Waals surface area (Å²) >= 11 is 0. The minimum Gasteiger partial charge on any atom is -0.507 e. The fourth-order valence-corrected chi connectivity index (χ4v) is 4.37. The van der Waals surface area contributed by atoms with E-state index in [1.54, 1.807) is 25.2 Å². The number of halogens is 2. The Morgan fingerprint density at radius 1 is 1.20 bits per heavy atom. The van der Waals surface area contributed by atoms with Crippen molar-refractivity contribution in [3.05, 3.63) is 34.9 Å². The number of hydrogen-bond donors (Lipinski definition) is 2. The molecule has 30 heavy (non-hydrogen) atoms. The van der Waals surface area contributed by atoms with Gasteiger partial charge in [-0.05, 0) is 75.1 Å². The molecule has 0 spiro atoms. The van der Waals surface area contributed by atoms with Crippen molar-refractivity contribution in [1.82, 2.24) is 10.2 Å². The molecule has 1 heterocycles. The fraction of sp³-hybridized carbons (Fsp3) is 0.478. The molecule has 7 heteroatoms. The SMILES string of the molecule is COC1(C)CC(Nc2nnc(-c3ccc(C#CC(F)F)cc3O)c3c2CCCC3)C1. The molecular weight excluding hydrogens is 388 g/mol. The summed E-state index contributed by atoms with van der Waals surface area (Å²) in [6.07, 6.45) is 3.04. The lowest BCUT2D eigenvalue weighted by molar-refractivity contribution is -0.0625. The van der Waals surface area contributed by atoms with Gasteiger partial charge in [0.1, 0.15) is 11.4 Å². The summed E-state index contributed by atoms with van der Waals surface area (Å²) in [7, 11) is 1.74. The minimum atomic E-state index is -2.71. The van der Waals surface area contributed by atoms with Gasteiger partial charge in [-0.1, -0.05) is 5.92 Å². The molecule has 2 N–H and O–H groups in total. The highest BCUT2D eigenvalue weighted by molar-refractivity contribution is 5.73. The van der Waals surface area contributed by atoms with Crippen molar-refractivity contribution < 1.29 is 18.6 Å². The Bertz CT molecular complexity index is 1010. The maximum absolute atomic E-state index is 12.3. The summed E-state index contributed by atoms with van der Waals surface area (Å²) in [6, 6.07) is 5.00. The quantitative estimate of drug-likeness (QED) is 0.731. The zero-order valence-electron chi connectivity index (χ0n) is 17.1. The molecular formula is C23H25F2N3O2. The van der Waals surface area contributed by atoms with Crippen LogP contribution in [-0.2, 0) is 17.6 Å². The number of rotatable bonds is 4. The lowest BCUT2D eigenvalue weighted by Crippen LogP contribution is -2.50. The maximum Gasteiger partial charge on any atom is 0.299 e. The molecule has 158 valence electrons. The molecule has 2 aliphatic rings. The number of phenols is 1. The number of methoxy groups -OCH3 is 1. The highest BCUT2D eigenvalue weighted by Gasteiger charge is 2.41. The molecule has 0 saturated heterocycles. The highest BCUT2D eigenvalue weighted by Crippen LogP contribution is 2.40. The molecule has 0 unspecified atom stereocenters. The van der Waals surface area contributed by atoms with Crippen LogP contribution in [0.15, 0.2) is 18.2 Å². The molecule has 0 radical (unpaired) electrons. The van der Waals surface area contributed by atoms with E-state index in [1.807, 2.05) is 0 Å². The molecule has 0 atom stereocenters. The Kier molecular flexibility index (Phi) is 5.61. The normalized spacial score (nSPS) is 22.6. The number of ether oxygens (including phenoxy) is 1. The Morgan fingerprint density at radius 2 is 1.93 bits per heavy atom. The molecule has 2 aromatic rings. The number of aromatic nitrogens is 2. The molecule has 0 aliphatic heterocycles. The maximum atomic E-state index is 12.3. The van der Waals surface area contributed by atoms with Gasteiger partial charge in [0.25, 0.3) is 6.43 Å².